The topological polar surface area (TPSA) is 110 Å². The predicted octanol–water partition coefficient (Wildman–Crippen LogP) is 5.60. The van der Waals surface area contributed by atoms with E-state index < -0.39 is 6.36 Å². The van der Waals surface area contributed by atoms with Crippen LogP contribution in [-0.4, -0.2) is 46.3 Å². The van der Waals surface area contributed by atoms with Gasteiger partial charge in [0.25, 0.3) is 0 Å². The molecule has 6 rings (SSSR count). The molecule has 2 aliphatic rings. The van der Waals surface area contributed by atoms with E-state index >= 15 is 0 Å². The summed E-state index contributed by atoms with van der Waals surface area (Å²) in [7, 11) is 0. The van der Waals surface area contributed by atoms with E-state index in [1.165, 1.54) is 18.2 Å². The maximum atomic E-state index is 13.0. The number of carbonyl (C=O) groups is 2. The third-order valence-electron chi connectivity index (χ3n) is 8.45. The molecule has 2 N–H and O–H groups in total. The minimum absolute atomic E-state index is 0.101. The summed E-state index contributed by atoms with van der Waals surface area (Å²) < 4.78 is 48.3. The number of rotatable bonds is 10. The quantitative estimate of drug-likeness (QED) is 0.234. The van der Waals surface area contributed by atoms with Gasteiger partial charge in [0.15, 0.2) is 5.82 Å². The zero-order valence-corrected chi connectivity index (χ0v) is 25.4. The third-order valence-corrected chi connectivity index (χ3v) is 8.45. The van der Waals surface area contributed by atoms with Crippen molar-refractivity contribution in [3.8, 4) is 16.9 Å². The first-order valence-corrected chi connectivity index (χ1v) is 15.2. The van der Waals surface area contributed by atoms with Crippen LogP contribution in [0.25, 0.3) is 11.1 Å². The van der Waals surface area contributed by atoms with Gasteiger partial charge in [-0.3, -0.25) is 14.5 Å². The largest absolute Gasteiger partial charge is 0.573 e. The normalized spacial score (nSPS) is 18.4. The van der Waals surface area contributed by atoms with Crippen molar-refractivity contribution >= 4 is 11.8 Å². The van der Waals surface area contributed by atoms with Crippen molar-refractivity contribution in [1.29, 1.82) is 0 Å². The van der Waals surface area contributed by atoms with Gasteiger partial charge in [0.2, 0.25) is 17.7 Å². The second-order valence-corrected chi connectivity index (χ2v) is 11.8. The number of nitrogens with one attached hydrogen (secondary N) is 2. The Hall–Kier alpha value is -4.71. The number of halogens is 3. The molecule has 0 spiro atoms. The van der Waals surface area contributed by atoms with Crippen LogP contribution >= 0.6 is 0 Å². The van der Waals surface area contributed by atoms with E-state index in [4.69, 9.17) is 4.52 Å². The van der Waals surface area contributed by atoms with Gasteiger partial charge in [-0.15, -0.1) is 13.2 Å². The molecule has 1 saturated carbocycles. The summed E-state index contributed by atoms with van der Waals surface area (Å²) in [5, 5.41) is 9.92. The summed E-state index contributed by atoms with van der Waals surface area (Å²) in [5.41, 5.74) is 5.17. The summed E-state index contributed by atoms with van der Waals surface area (Å²) in [6.07, 6.45) is -3.60. The molecule has 0 radical (unpaired) electrons. The number of alkyl halides is 3. The maximum absolute atomic E-state index is 13.0. The zero-order valence-electron chi connectivity index (χ0n) is 25.4. The van der Waals surface area contributed by atoms with Crippen LogP contribution < -0.4 is 15.4 Å². The van der Waals surface area contributed by atoms with Gasteiger partial charge in [-0.05, 0) is 72.2 Å². The fraction of sp³-hybridized carbons (Fsp3) is 0.353. The molecule has 2 amide bonds. The van der Waals surface area contributed by atoms with E-state index in [0.29, 0.717) is 43.2 Å². The Balaban J connectivity index is 1.20. The monoisotopic (exact) mass is 633 g/mol. The Morgan fingerprint density at radius 3 is 2.63 bits per heavy atom. The molecule has 1 aliphatic heterocycles. The van der Waals surface area contributed by atoms with Gasteiger partial charge in [0.1, 0.15) is 5.75 Å². The SMILES string of the molecule is Cc1noc(C2CC2C(=O)NCc2ccc(-c3cccc(OC(F)(F)F)c3)c3c2CN(CC(=O)NC(C)c2ccccc2)CC3)n1. The van der Waals surface area contributed by atoms with Crippen LogP contribution in [0.2, 0.25) is 0 Å². The van der Waals surface area contributed by atoms with Crippen molar-refractivity contribution in [3.05, 3.63) is 101 Å². The van der Waals surface area contributed by atoms with Gasteiger partial charge in [-0.1, -0.05) is 59.8 Å². The smallest absolute Gasteiger partial charge is 0.406 e. The van der Waals surface area contributed by atoms with Crippen molar-refractivity contribution in [3.63, 3.8) is 0 Å². The number of amides is 2. The first-order chi connectivity index (χ1) is 22.0. The third kappa shape index (κ3) is 7.39. The number of nitrogens with zero attached hydrogens (tertiary/aromatic N) is 3. The van der Waals surface area contributed by atoms with Crippen LogP contribution in [0, 0.1) is 12.8 Å². The molecule has 2 heterocycles. The lowest BCUT2D eigenvalue weighted by Crippen LogP contribution is -2.41. The van der Waals surface area contributed by atoms with Crippen LogP contribution in [0.3, 0.4) is 0 Å². The molecule has 9 nitrogen and oxygen atoms in total. The summed E-state index contributed by atoms with van der Waals surface area (Å²) in [4.78, 5) is 32.4. The highest BCUT2D eigenvalue weighted by atomic mass is 19.4. The number of carbonyl (C=O) groups excluding carboxylic acids is 2. The van der Waals surface area contributed by atoms with Gasteiger partial charge in [-0.2, -0.15) is 4.98 Å². The van der Waals surface area contributed by atoms with Crippen LogP contribution in [-0.2, 0) is 29.1 Å². The maximum Gasteiger partial charge on any atom is 0.573 e. The fourth-order valence-corrected chi connectivity index (χ4v) is 6.08. The molecule has 46 heavy (non-hydrogen) atoms. The highest BCUT2D eigenvalue weighted by Crippen LogP contribution is 2.47. The second-order valence-electron chi connectivity index (χ2n) is 11.8. The summed E-state index contributed by atoms with van der Waals surface area (Å²) in [5.74, 6) is 0.111. The lowest BCUT2D eigenvalue weighted by Gasteiger charge is -2.32. The fourth-order valence-electron chi connectivity index (χ4n) is 6.08. The average Bonchev–Trinajstić information content (AvgIpc) is 3.71. The Bertz CT molecular complexity index is 1730. The molecule has 12 heteroatoms. The highest BCUT2D eigenvalue weighted by molar-refractivity contribution is 5.82. The van der Waals surface area contributed by atoms with Gasteiger partial charge >= 0.3 is 6.36 Å². The van der Waals surface area contributed by atoms with Crippen LogP contribution in [0.1, 0.15) is 59.3 Å². The Kier molecular flexibility index (Phi) is 8.81. The van der Waals surface area contributed by atoms with Crippen molar-refractivity contribution < 1.29 is 32.0 Å². The first kappa shape index (κ1) is 31.3. The summed E-state index contributed by atoms with van der Waals surface area (Å²) in [6.45, 7) is 5.12. The number of benzene rings is 3. The lowest BCUT2D eigenvalue weighted by molar-refractivity contribution is -0.274. The van der Waals surface area contributed by atoms with Crippen molar-refractivity contribution in [1.82, 2.24) is 25.7 Å². The number of aromatic nitrogens is 2. The van der Waals surface area contributed by atoms with Crippen molar-refractivity contribution in [2.24, 2.45) is 5.92 Å². The lowest BCUT2D eigenvalue weighted by atomic mass is 9.87. The standard InChI is InChI=1S/C34H34F3N5O4/c1-20(22-7-4-3-5-8-22)39-31(43)19-42-14-13-27-26(23-9-6-10-25(15-23)45-34(35,36)37)12-11-24(30(27)18-42)17-38-32(44)28-16-29(28)33-40-21(2)41-46-33/h3-12,15,20,28-29H,13-14,16-19H2,1-2H3,(H,38,44)(H,39,43). The molecular weight excluding hydrogens is 599 g/mol. The molecule has 3 atom stereocenters. The second kappa shape index (κ2) is 13.0. The molecule has 240 valence electrons. The minimum Gasteiger partial charge on any atom is -0.406 e. The van der Waals surface area contributed by atoms with Crippen LogP contribution in [0.15, 0.2) is 71.3 Å². The zero-order chi connectivity index (χ0) is 32.4. The molecule has 1 aromatic heterocycles. The van der Waals surface area contributed by atoms with E-state index in [2.05, 4.69) is 25.5 Å². The first-order valence-electron chi connectivity index (χ1n) is 15.2. The molecule has 0 saturated heterocycles. The molecule has 4 aromatic rings. The highest BCUT2D eigenvalue weighted by Gasteiger charge is 2.47. The molecule has 1 aliphatic carbocycles. The number of ether oxygens (including phenoxy) is 1. The molecule has 3 unspecified atom stereocenters. The predicted molar refractivity (Wildman–Crippen MR) is 162 cm³/mol. The number of fused-ring (bicyclic) bond motifs is 1. The van der Waals surface area contributed by atoms with Crippen LogP contribution in [0.5, 0.6) is 5.75 Å². The van der Waals surface area contributed by atoms with Crippen LogP contribution in [0.4, 0.5) is 13.2 Å². The average molecular weight is 634 g/mol. The van der Waals surface area contributed by atoms with E-state index in [1.807, 2.05) is 54.3 Å². The van der Waals surface area contributed by atoms with E-state index in [-0.39, 0.29) is 48.5 Å². The number of aryl methyl sites for hydroxylation is 1. The Morgan fingerprint density at radius 2 is 1.89 bits per heavy atom. The van der Waals surface area contributed by atoms with Crippen molar-refractivity contribution in [2.75, 3.05) is 13.1 Å². The van der Waals surface area contributed by atoms with Gasteiger partial charge in [0, 0.05) is 19.6 Å². The van der Waals surface area contributed by atoms with E-state index in [0.717, 1.165) is 27.8 Å². The minimum atomic E-state index is -4.80. The Morgan fingerprint density at radius 1 is 1.09 bits per heavy atom. The number of hydrogen-bond donors (Lipinski definition) is 2. The van der Waals surface area contributed by atoms with E-state index in [9.17, 15) is 22.8 Å². The van der Waals surface area contributed by atoms with Crippen molar-refractivity contribution in [2.45, 2.75) is 58.1 Å². The molecular formula is C34H34F3N5O4. The van der Waals surface area contributed by atoms with Gasteiger partial charge < -0.3 is 19.9 Å². The molecule has 1 fully saturated rings. The van der Waals surface area contributed by atoms with Gasteiger partial charge in [0.05, 0.1) is 24.4 Å². The molecule has 0 bridgehead atoms. The summed E-state index contributed by atoms with van der Waals surface area (Å²) in [6, 6.07) is 19.2. The van der Waals surface area contributed by atoms with E-state index in [1.54, 1.807) is 13.0 Å². The summed E-state index contributed by atoms with van der Waals surface area (Å²) >= 11 is 0. The molecule has 3 aromatic carbocycles. The van der Waals surface area contributed by atoms with Gasteiger partial charge in [-0.25, -0.2) is 0 Å². The Labute approximate surface area is 264 Å². The number of hydrogen-bond acceptors (Lipinski definition) is 7.